The quantitative estimate of drug-likeness (QED) is 0.188. The van der Waals surface area contributed by atoms with E-state index in [1.807, 2.05) is 56.3 Å². The second-order valence-corrected chi connectivity index (χ2v) is 9.36. The third-order valence-corrected chi connectivity index (χ3v) is 7.15. The van der Waals surface area contributed by atoms with Crippen molar-refractivity contribution in [3.8, 4) is 17.2 Å². The molecule has 2 aromatic carbocycles. The molecule has 3 heterocycles. The zero-order chi connectivity index (χ0) is 27.0. The van der Waals surface area contributed by atoms with Crippen molar-refractivity contribution in [2.45, 2.75) is 25.9 Å². The average molecular weight is 530 g/mol. The number of nitro benzene ring substituents is 1. The van der Waals surface area contributed by atoms with Crippen LogP contribution < -0.4 is 19.7 Å². The van der Waals surface area contributed by atoms with E-state index in [4.69, 9.17) is 21.7 Å². The van der Waals surface area contributed by atoms with E-state index < -0.39 is 4.92 Å². The van der Waals surface area contributed by atoms with Crippen LogP contribution in [-0.4, -0.2) is 33.8 Å². The van der Waals surface area contributed by atoms with Crippen LogP contribution in [0.2, 0.25) is 0 Å². The molecule has 0 unspecified atom stereocenters. The average Bonchev–Trinajstić information content (AvgIpc) is 3.43. The Kier molecular flexibility index (Phi) is 6.73. The van der Waals surface area contributed by atoms with Gasteiger partial charge in [0.2, 0.25) is 0 Å². The minimum atomic E-state index is -0.429. The summed E-state index contributed by atoms with van der Waals surface area (Å²) in [6.45, 7) is 4.04. The molecule has 1 aliphatic rings. The van der Waals surface area contributed by atoms with Crippen LogP contribution in [0.3, 0.4) is 0 Å². The molecule has 2 atom stereocenters. The van der Waals surface area contributed by atoms with E-state index >= 15 is 0 Å². The molecular formula is C28H27N5O4S. The molecule has 0 aliphatic carbocycles. The monoisotopic (exact) mass is 529 g/mol. The number of hydrogen-bond donors (Lipinski definition) is 1. The molecule has 9 nitrogen and oxygen atoms in total. The molecule has 0 saturated carbocycles. The van der Waals surface area contributed by atoms with Gasteiger partial charge in [0.15, 0.2) is 5.11 Å². The van der Waals surface area contributed by atoms with Crippen molar-refractivity contribution in [3.05, 3.63) is 106 Å². The Labute approximate surface area is 225 Å². The van der Waals surface area contributed by atoms with Crippen LogP contribution in [0.1, 0.15) is 34.7 Å². The van der Waals surface area contributed by atoms with Gasteiger partial charge in [0.25, 0.3) is 5.69 Å². The van der Waals surface area contributed by atoms with Gasteiger partial charge in [-0.3, -0.25) is 15.1 Å². The maximum absolute atomic E-state index is 11.4. The predicted molar refractivity (Wildman–Crippen MR) is 149 cm³/mol. The molecule has 38 heavy (non-hydrogen) atoms. The molecule has 5 rings (SSSR count). The summed E-state index contributed by atoms with van der Waals surface area (Å²) >= 11 is 5.87. The number of nitrogens with zero attached hydrogens (tertiary/aromatic N) is 4. The van der Waals surface area contributed by atoms with Crippen LogP contribution in [-0.2, 0) is 0 Å². The molecule has 1 aliphatic heterocycles. The highest BCUT2D eigenvalue weighted by molar-refractivity contribution is 7.80. The molecule has 1 saturated heterocycles. The highest BCUT2D eigenvalue weighted by Crippen LogP contribution is 2.44. The maximum atomic E-state index is 11.4. The number of pyridine rings is 1. The Morgan fingerprint density at radius 2 is 1.84 bits per heavy atom. The SMILES string of the molecule is COc1cccc(N2C(=S)N[C@H](c3ccccn3)[C@@H]2c2cc(C)n(-c3ccc([N+](=O)[O-])cc3OC)c2C)c1. The van der Waals surface area contributed by atoms with Gasteiger partial charge in [0.05, 0.1) is 48.7 Å². The van der Waals surface area contributed by atoms with Gasteiger partial charge in [0, 0.05) is 35.4 Å². The van der Waals surface area contributed by atoms with Gasteiger partial charge in [-0.2, -0.15) is 0 Å². The minimum Gasteiger partial charge on any atom is -0.497 e. The molecule has 0 radical (unpaired) electrons. The van der Waals surface area contributed by atoms with Gasteiger partial charge in [-0.1, -0.05) is 12.1 Å². The molecule has 2 aromatic heterocycles. The Morgan fingerprint density at radius 1 is 1.03 bits per heavy atom. The minimum absolute atomic E-state index is 0.0296. The Bertz CT molecular complexity index is 1520. The Morgan fingerprint density at radius 3 is 2.53 bits per heavy atom. The third-order valence-electron chi connectivity index (χ3n) is 6.83. The van der Waals surface area contributed by atoms with Crippen molar-refractivity contribution < 1.29 is 14.4 Å². The van der Waals surface area contributed by atoms with E-state index in [1.54, 1.807) is 19.4 Å². The standard InChI is InChI=1S/C28H27N5O4S/c1-17-14-22(18(2)31(17)24-12-11-20(33(34)35)16-25(24)37-4)27-26(23-10-5-6-13-29-23)30-28(38)32(27)19-8-7-9-21(15-19)36-3/h5-16,26-27H,1-4H3,(H,30,38)/t26-,27+/m1/s1. The molecule has 0 bridgehead atoms. The zero-order valence-corrected chi connectivity index (χ0v) is 22.2. The number of benzene rings is 2. The summed E-state index contributed by atoms with van der Waals surface area (Å²) in [5.74, 6) is 1.14. The first kappa shape index (κ1) is 25.2. The van der Waals surface area contributed by atoms with E-state index in [9.17, 15) is 10.1 Å². The third kappa shape index (κ3) is 4.32. The van der Waals surface area contributed by atoms with Crippen LogP contribution in [0.5, 0.6) is 11.5 Å². The highest BCUT2D eigenvalue weighted by Gasteiger charge is 2.42. The summed E-state index contributed by atoms with van der Waals surface area (Å²) in [6.07, 6.45) is 1.77. The molecule has 194 valence electrons. The van der Waals surface area contributed by atoms with Gasteiger partial charge >= 0.3 is 0 Å². The summed E-state index contributed by atoms with van der Waals surface area (Å²) in [4.78, 5) is 17.7. The van der Waals surface area contributed by atoms with Crippen LogP contribution in [0, 0.1) is 24.0 Å². The predicted octanol–water partition coefficient (Wildman–Crippen LogP) is 5.59. The normalized spacial score (nSPS) is 16.8. The van der Waals surface area contributed by atoms with E-state index in [1.165, 1.54) is 19.2 Å². The van der Waals surface area contributed by atoms with Crippen LogP contribution in [0.4, 0.5) is 11.4 Å². The van der Waals surface area contributed by atoms with E-state index in [2.05, 4.69) is 25.8 Å². The molecule has 0 spiro atoms. The van der Waals surface area contributed by atoms with Crippen molar-refractivity contribution in [3.63, 3.8) is 0 Å². The van der Waals surface area contributed by atoms with Crippen molar-refractivity contribution in [1.82, 2.24) is 14.9 Å². The van der Waals surface area contributed by atoms with Gasteiger partial charge in [-0.05, 0) is 68.0 Å². The topological polar surface area (TPSA) is 94.7 Å². The molecule has 4 aromatic rings. The zero-order valence-electron chi connectivity index (χ0n) is 21.4. The first-order chi connectivity index (χ1) is 18.3. The highest BCUT2D eigenvalue weighted by atomic mass is 32.1. The molecule has 1 fully saturated rings. The summed E-state index contributed by atoms with van der Waals surface area (Å²) < 4.78 is 13.1. The first-order valence-corrected chi connectivity index (χ1v) is 12.4. The van der Waals surface area contributed by atoms with E-state index in [0.717, 1.165) is 39.8 Å². The van der Waals surface area contributed by atoms with Crippen molar-refractivity contribution in [2.75, 3.05) is 19.1 Å². The lowest BCUT2D eigenvalue weighted by Gasteiger charge is -2.28. The van der Waals surface area contributed by atoms with Crippen molar-refractivity contribution >= 4 is 28.7 Å². The Hall–Kier alpha value is -4.44. The van der Waals surface area contributed by atoms with E-state index in [-0.39, 0.29) is 17.8 Å². The van der Waals surface area contributed by atoms with Gasteiger partial charge in [0.1, 0.15) is 11.5 Å². The second-order valence-electron chi connectivity index (χ2n) is 8.97. The van der Waals surface area contributed by atoms with Crippen LogP contribution in [0.15, 0.2) is 72.9 Å². The molecular weight excluding hydrogens is 502 g/mol. The van der Waals surface area contributed by atoms with Gasteiger partial charge in [-0.25, -0.2) is 0 Å². The molecule has 10 heteroatoms. The van der Waals surface area contributed by atoms with Gasteiger partial charge in [-0.15, -0.1) is 0 Å². The Balaban J connectivity index is 1.69. The second kappa shape index (κ2) is 10.1. The summed E-state index contributed by atoms with van der Waals surface area (Å²) in [6, 6.07) is 20.0. The van der Waals surface area contributed by atoms with Crippen molar-refractivity contribution in [1.29, 1.82) is 0 Å². The number of hydrogen-bond acceptors (Lipinski definition) is 6. The van der Waals surface area contributed by atoms with Crippen molar-refractivity contribution in [2.24, 2.45) is 0 Å². The number of thiocarbonyl (C=S) groups is 1. The number of anilines is 1. The fourth-order valence-corrected chi connectivity index (χ4v) is 5.48. The summed E-state index contributed by atoms with van der Waals surface area (Å²) in [5, 5.41) is 15.4. The number of nitro groups is 1. The number of rotatable bonds is 7. The maximum Gasteiger partial charge on any atom is 0.273 e. The molecule has 0 amide bonds. The lowest BCUT2D eigenvalue weighted by atomic mass is 9.96. The largest absolute Gasteiger partial charge is 0.497 e. The summed E-state index contributed by atoms with van der Waals surface area (Å²) in [7, 11) is 3.15. The fraction of sp³-hybridized carbons (Fsp3) is 0.214. The van der Waals surface area contributed by atoms with Gasteiger partial charge < -0.3 is 24.3 Å². The fourth-order valence-electron chi connectivity index (χ4n) is 5.13. The van der Waals surface area contributed by atoms with E-state index in [0.29, 0.717) is 10.9 Å². The van der Waals surface area contributed by atoms with Crippen LogP contribution >= 0.6 is 12.2 Å². The molecule has 1 N–H and O–H groups in total. The lowest BCUT2D eigenvalue weighted by molar-refractivity contribution is -0.384. The number of aryl methyl sites for hydroxylation is 1. The smallest absolute Gasteiger partial charge is 0.273 e. The summed E-state index contributed by atoms with van der Waals surface area (Å²) in [5.41, 5.74) is 5.39. The first-order valence-electron chi connectivity index (χ1n) is 12.0. The number of ether oxygens (including phenoxy) is 2. The number of non-ortho nitro benzene ring substituents is 1. The number of nitrogens with one attached hydrogen (secondary N) is 1. The number of methoxy groups -OCH3 is 2. The van der Waals surface area contributed by atoms with Crippen LogP contribution in [0.25, 0.3) is 5.69 Å². The number of aromatic nitrogens is 2. The lowest BCUT2D eigenvalue weighted by Crippen LogP contribution is -2.29.